The third-order valence-electron chi connectivity index (χ3n) is 4.25. The average molecular weight is 292 g/mol. The van der Waals surface area contributed by atoms with Gasteiger partial charge in [-0.25, -0.2) is 0 Å². The van der Waals surface area contributed by atoms with Gasteiger partial charge in [0.2, 0.25) is 5.91 Å². The highest BCUT2D eigenvalue weighted by molar-refractivity contribution is 6.04. The van der Waals surface area contributed by atoms with Gasteiger partial charge < -0.3 is 10.3 Å². The van der Waals surface area contributed by atoms with Crippen LogP contribution in [0.3, 0.4) is 0 Å². The van der Waals surface area contributed by atoms with E-state index in [1.165, 1.54) is 0 Å². The van der Waals surface area contributed by atoms with Crippen LogP contribution < -0.4 is 11.1 Å². The van der Waals surface area contributed by atoms with Crippen LogP contribution in [-0.2, 0) is 11.8 Å². The topological polar surface area (TPSA) is 80.4 Å². The number of nitrogens with one attached hydrogen (secondary N) is 1. The second kappa shape index (κ2) is 6.87. The maximum atomic E-state index is 12.1. The van der Waals surface area contributed by atoms with Crippen LogP contribution in [-0.4, -0.2) is 47.0 Å². The number of aromatic nitrogens is 1. The fourth-order valence-electron chi connectivity index (χ4n) is 3.02. The summed E-state index contributed by atoms with van der Waals surface area (Å²) in [7, 11) is 1.77. The molecule has 0 aromatic carbocycles. The molecule has 0 saturated carbocycles. The minimum Gasteiger partial charge on any atom is -0.347 e. The Hall–Kier alpha value is -1.66. The van der Waals surface area contributed by atoms with Gasteiger partial charge in [-0.3, -0.25) is 19.8 Å². The minimum atomic E-state index is -0.359. The lowest BCUT2D eigenvalue weighted by atomic mass is 9.91. The minimum absolute atomic E-state index is 0.217. The Morgan fingerprint density at radius 3 is 2.86 bits per heavy atom. The highest BCUT2D eigenvalue weighted by atomic mass is 16.2. The van der Waals surface area contributed by atoms with E-state index in [4.69, 9.17) is 5.73 Å². The molecule has 1 aliphatic rings. The number of carbonyl (C=O) groups is 2. The number of rotatable bonds is 4. The number of likely N-dealkylation sites (tertiary alicyclic amines) is 1. The Labute approximate surface area is 125 Å². The quantitative estimate of drug-likeness (QED) is 0.838. The van der Waals surface area contributed by atoms with Crippen LogP contribution in [0, 0.1) is 5.92 Å². The molecule has 1 aromatic heterocycles. The molecule has 2 unspecified atom stereocenters. The van der Waals surface area contributed by atoms with Gasteiger partial charge in [-0.2, -0.15) is 0 Å². The van der Waals surface area contributed by atoms with E-state index in [9.17, 15) is 9.59 Å². The van der Waals surface area contributed by atoms with Crippen LogP contribution in [0.4, 0.5) is 0 Å². The summed E-state index contributed by atoms with van der Waals surface area (Å²) in [6.07, 6.45) is 3.98. The summed E-state index contributed by atoms with van der Waals surface area (Å²) >= 11 is 0. The molecule has 6 heteroatoms. The average Bonchev–Trinajstić information content (AvgIpc) is 2.85. The number of nitrogens with zero attached hydrogens (tertiary/aromatic N) is 2. The first-order chi connectivity index (χ1) is 10.0. The molecular weight excluding hydrogens is 268 g/mol. The molecule has 2 heterocycles. The molecule has 3 N–H and O–H groups in total. The van der Waals surface area contributed by atoms with Crippen LogP contribution in [0.25, 0.3) is 0 Å². The van der Waals surface area contributed by atoms with Crippen molar-refractivity contribution in [2.24, 2.45) is 18.7 Å². The van der Waals surface area contributed by atoms with Gasteiger partial charge in [0.05, 0.1) is 6.54 Å². The van der Waals surface area contributed by atoms with Crippen molar-refractivity contribution in [3.05, 3.63) is 24.0 Å². The first kappa shape index (κ1) is 15.7. The van der Waals surface area contributed by atoms with Crippen molar-refractivity contribution < 1.29 is 9.59 Å². The van der Waals surface area contributed by atoms with Gasteiger partial charge >= 0.3 is 0 Å². The van der Waals surface area contributed by atoms with Gasteiger partial charge in [-0.05, 0) is 37.4 Å². The van der Waals surface area contributed by atoms with E-state index in [-0.39, 0.29) is 24.4 Å². The summed E-state index contributed by atoms with van der Waals surface area (Å²) in [6.45, 7) is 3.79. The molecule has 0 bridgehead atoms. The van der Waals surface area contributed by atoms with Crippen molar-refractivity contribution in [3.63, 3.8) is 0 Å². The van der Waals surface area contributed by atoms with Gasteiger partial charge in [-0.15, -0.1) is 0 Å². The van der Waals surface area contributed by atoms with Gasteiger partial charge in [0.1, 0.15) is 5.69 Å². The van der Waals surface area contributed by atoms with Crippen LogP contribution in [0.5, 0.6) is 0 Å². The monoisotopic (exact) mass is 292 g/mol. The van der Waals surface area contributed by atoms with Crippen molar-refractivity contribution in [3.8, 4) is 0 Å². The molecule has 1 fully saturated rings. The largest absolute Gasteiger partial charge is 0.347 e. The molecule has 0 radical (unpaired) electrons. The van der Waals surface area contributed by atoms with E-state index in [0.29, 0.717) is 18.2 Å². The number of hydrogen-bond donors (Lipinski definition) is 2. The SMILES string of the molecule is CC1CCCN(CC(=O)NC(=O)c2cccn2C)C1CN. The molecule has 6 nitrogen and oxygen atoms in total. The summed E-state index contributed by atoms with van der Waals surface area (Å²) in [6, 6.07) is 3.68. The molecule has 0 spiro atoms. The maximum Gasteiger partial charge on any atom is 0.274 e. The van der Waals surface area contributed by atoms with Crippen molar-refractivity contribution in [1.29, 1.82) is 0 Å². The van der Waals surface area contributed by atoms with Crippen LogP contribution in [0.1, 0.15) is 30.3 Å². The summed E-state index contributed by atoms with van der Waals surface area (Å²) in [4.78, 5) is 26.2. The molecule has 1 saturated heterocycles. The second-order valence-electron chi connectivity index (χ2n) is 5.77. The van der Waals surface area contributed by atoms with E-state index in [0.717, 1.165) is 19.4 Å². The Balaban J connectivity index is 1.92. The number of aryl methyl sites for hydroxylation is 1. The number of amides is 2. The van der Waals surface area contributed by atoms with Crippen LogP contribution >= 0.6 is 0 Å². The van der Waals surface area contributed by atoms with Gasteiger partial charge in [0, 0.05) is 25.8 Å². The zero-order valence-electron chi connectivity index (χ0n) is 12.7. The normalized spacial score (nSPS) is 23.0. The first-order valence-corrected chi connectivity index (χ1v) is 7.42. The summed E-state index contributed by atoms with van der Waals surface area (Å²) < 4.78 is 1.69. The predicted octanol–water partition coefficient (Wildman–Crippen LogP) is 0.341. The molecule has 2 amide bonds. The standard InChI is InChI=1S/C15H24N4O2/c1-11-5-3-8-19(13(11)9-16)10-14(20)17-15(21)12-6-4-7-18(12)2/h4,6-7,11,13H,3,5,8-10,16H2,1-2H3,(H,17,20,21). The number of hydrogen-bond acceptors (Lipinski definition) is 4. The molecule has 1 aliphatic heterocycles. The Kier molecular flexibility index (Phi) is 5.14. The zero-order chi connectivity index (χ0) is 15.4. The molecule has 1 aromatic rings. The lowest BCUT2D eigenvalue weighted by molar-refractivity contribution is -0.122. The lowest BCUT2D eigenvalue weighted by Gasteiger charge is -2.38. The number of carbonyl (C=O) groups excluding carboxylic acids is 2. The van der Waals surface area contributed by atoms with E-state index < -0.39 is 0 Å². The van der Waals surface area contributed by atoms with E-state index in [1.807, 2.05) is 0 Å². The third-order valence-corrected chi connectivity index (χ3v) is 4.25. The molecule has 116 valence electrons. The molecule has 0 aliphatic carbocycles. The Morgan fingerprint density at radius 2 is 2.24 bits per heavy atom. The highest BCUT2D eigenvalue weighted by Crippen LogP contribution is 2.22. The fourth-order valence-corrected chi connectivity index (χ4v) is 3.02. The Morgan fingerprint density at radius 1 is 1.48 bits per heavy atom. The van der Waals surface area contributed by atoms with E-state index >= 15 is 0 Å². The highest BCUT2D eigenvalue weighted by Gasteiger charge is 2.29. The predicted molar refractivity (Wildman–Crippen MR) is 80.7 cm³/mol. The first-order valence-electron chi connectivity index (χ1n) is 7.42. The number of imide groups is 1. The van der Waals surface area contributed by atoms with Gasteiger partial charge in [0.15, 0.2) is 0 Å². The van der Waals surface area contributed by atoms with Gasteiger partial charge in [-0.1, -0.05) is 6.92 Å². The van der Waals surface area contributed by atoms with Gasteiger partial charge in [0.25, 0.3) is 5.91 Å². The maximum absolute atomic E-state index is 12.1. The van der Waals surface area contributed by atoms with Crippen molar-refractivity contribution in [2.75, 3.05) is 19.6 Å². The summed E-state index contributed by atoms with van der Waals surface area (Å²) in [5.41, 5.74) is 6.29. The summed E-state index contributed by atoms with van der Waals surface area (Å²) in [5, 5.41) is 2.45. The third kappa shape index (κ3) is 3.71. The van der Waals surface area contributed by atoms with Crippen LogP contribution in [0.15, 0.2) is 18.3 Å². The van der Waals surface area contributed by atoms with Crippen molar-refractivity contribution >= 4 is 11.8 Å². The summed E-state index contributed by atoms with van der Waals surface area (Å²) in [5.74, 6) is -0.143. The fraction of sp³-hybridized carbons (Fsp3) is 0.600. The van der Waals surface area contributed by atoms with Crippen molar-refractivity contribution in [1.82, 2.24) is 14.8 Å². The second-order valence-corrected chi connectivity index (χ2v) is 5.77. The van der Waals surface area contributed by atoms with E-state index in [2.05, 4.69) is 17.1 Å². The van der Waals surface area contributed by atoms with Crippen molar-refractivity contribution in [2.45, 2.75) is 25.8 Å². The number of piperidine rings is 1. The van der Waals surface area contributed by atoms with Crippen LogP contribution in [0.2, 0.25) is 0 Å². The molecule has 21 heavy (non-hydrogen) atoms. The smallest absolute Gasteiger partial charge is 0.274 e. The number of nitrogens with two attached hydrogens (primary N) is 1. The van der Waals surface area contributed by atoms with E-state index in [1.54, 1.807) is 29.9 Å². The molecule has 2 rings (SSSR count). The molecule has 2 atom stereocenters. The Bertz CT molecular complexity index is 512. The zero-order valence-corrected chi connectivity index (χ0v) is 12.7. The lowest BCUT2D eigenvalue weighted by Crippen LogP contribution is -2.52. The molecular formula is C15H24N4O2.